The summed E-state index contributed by atoms with van der Waals surface area (Å²) in [5.74, 6) is 1.93. The van der Waals surface area contributed by atoms with E-state index in [4.69, 9.17) is 4.42 Å². The Bertz CT molecular complexity index is 1170. The highest BCUT2D eigenvalue weighted by molar-refractivity contribution is 7.99. The lowest BCUT2D eigenvalue weighted by molar-refractivity contribution is -0.113. The summed E-state index contributed by atoms with van der Waals surface area (Å²) in [7, 11) is 0. The summed E-state index contributed by atoms with van der Waals surface area (Å²) < 4.78 is 7.37. The van der Waals surface area contributed by atoms with Crippen LogP contribution in [0.2, 0.25) is 0 Å². The zero-order valence-electron chi connectivity index (χ0n) is 19.5. The molecule has 0 fully saturated rings. The van der Waals surface area contributed by atoms with Gasteiger partial charge in [0.05, 0.1) is 17.6 Å². The molecule has 1 amide bonds. The smallest absolute Gasteiger partial charge is 0.235 e. The van der Waals surface area contributed by atoms with Crippen LogP contribution in [0.4, 0.5) is 5.00 Å². The van der Waals surface area contributed by atoms with Gasteiger partial charge in [-0.3, -0.25) is 9.36 Å². The molecule has 174 valence electrons. The van der Waals surface area contributed by atoms with Gasteiger partial charge in [0.2, 0.25) is 5.91 Å². The fraction of sp³-hybridized carbons (Fsp3) is 0.500. The van der Waals surface area contributed by atoms with Crippen LogP contribution >= 0.6 is 23.1 Å². The molecule has 1 N–H and O–H groups in total. The van der Waals surface area contributed by atoms with Gasteiger partial charge in [-0.05, 0) is 55.2 Å². The fourth-order valence-electron chi connectivity index (χ4n) is 4.31. The largest absolute Gasteiger partial charge is 0.461 e. The number of rotatable bonds is 8. The topological polar surface area (TPSA) is 96.7 Å². The van der Waals surface area contributed by atoms with Gasteiger partial charge in [-0.15, -0.1) is 21.5 Å². The average molecular weight is 484 g/mol. The number of furan rings is 1. The van der Waals surface area contributed by atoms with Crippen molar-refractivity contribution in [2.75, 3.05) is 11.1 Å². The molecule has 0 spiro atoms. The number of thiophene rings is 1. The lowest BCUT2D eigenvalue weighted by Gasteiger charge is -2.36. The van der Waals surface area contributed by atoms with Crippen molar-refractivity contribution in [1.29, 1.82) is 5.26 Å². The van der Waals surface area contributed by atoms with Crippen LogP contribution in [0.1, 0.15) is 56.5 Å². The second kappa shape index (κ2) is 9.74. The van der Waals surface area contributed by atoms with Crippen LogP contribution in [0.5, 0.6) is 0 Å². The van der Waals surface area contributed by atoms with Crippen LogP contribution in [-0.2, 0) is 24.2 Å². The first kappa shape index (κ1) is 23.6. The quantitative estimate of drug-likeness (QED) is 0.409. The minimum absolute atomic E-state index is 0.147. The number of aromatic nitrogens is 3. The maximum Gasteiger partial charge on any atom is 0.235 e. The van der Waals surface area contributed by atoms with E-state index in [1.807, 2.05) is 23.6 Å². The van der Waals surface area contributed by atoms with E-state index >= 15 is 0 Å². The Kier molecular flexibility index (Phi) is 6.96. The van der Waals surface area contributed by atoms with E-state index in [9.17, 15) is 10.1 Å². The molecule has 1 atom stereocenters. The van der Waals surface area contributed by atoms with Gasteiger partial charge >= 0.3 is 0 Å². The number of carbonyl (C=O) groups excluding carboxylic acids is 1. The van der Waals surface area contributed by atoms with E-state index in [2.05, 4.69) is 42.4 Å². The average Bonchev–Trinajstić information content (AvgIpc) is 3.54. The Morgan fingerprint density at radius 2 is 2.24 bits per heavy atom. The number of anilines is 1. The van der Waals surface area contributed by atoms with Crippen LogP contribution in [0.25, 0.3) is 11.6 Å². The Balaban J connectivity index is 1.44. The number of fused-ring (bicyclic) bond motifs is 1. The summed E-state index contributed by atoms with van der Waals surface area (Å²) >= 11 is 2.90. The molecular weight excluding hydrogens is 454 g/mol. The third kappa shape index (κ3) is 4.73. The molecule has 3 aromatic rings. The first-order valence-electron chi connectivity index (χ1n) is 11.3. The highest BCUT2D eigenvalue weighted by atomic mass is 32.2. The SMILES string of the molecule is CCn1c(SCC(=O)Nc2sc3c(c2C#N)CC[C@@H](C(C)(C)CC)C3)nnc1-c1ccco1. The number of carbonyl (C=O) groups is 1. The van der Waals surface area contributed by atoms with Crippen LogP contribution in [0.3, 0.4) is 0 Å². The summed E-state index contributed by atoms with van der Waals surface area (Å²) in [5.41, 5.74) is 2.04. The molecule has 0 unspecified atom stereocenters. The number of nitrogens with zero attached hydrogens (tertiary/aromatic N) is 4. The molecule has 0 bridgehead atoms. The molecule has 9 heteroatoms. The molecule has 0 saturated heterocycles. The number of hydrogen-bond acceptors (Lipinski definition) is 7. The van der Waals surface area contributed by atoms with Crippen LogP contribution in [-0.4, -0.2) is 26.4 Å². The van der Waals surface area contributed by atoms with Gasteiger partial charge in [0.25, 0.3) is 0 Å². The van der Waals surface area contributed by atoms with Gasteiger partial charge in [0, 0.05) is 11.4 Å². The third-order valence-corrected chi connectivity index (χ3v) is 8.89. The van der Waals surface area contributed by atoms with E-state index in [0.29, 0.717) is 39.8 Å². The number of thioether (sulfide) groups is 1. The molecule has 4 rings (SSSR count). The summed E-state index contributed by atoms with van der Waals surface area (Å²) in [6, 6.07) is 5.99. The van der Waals surface area contributed by atoms with Crippen molar-refractivity contribution in [2.24, 2.45) is 11.3 Å². The van der Waals surface area contributed by atoms with Gasteiger partial charge < -0.3 is 9.73 Å². The Morgan fingerprint density at radius 1 is 1.42 bits per heavy atom. The van der Waals surface area contributed by atoms with Crippen molar-refractivity contribution in [3.05, 3.63) is 34.4 Å². The van der Waals surface area contributed by atoms with Crippen LogP contribution in [0.15, 0.2) is 28.0 Å². The molecule has 3 aromatic heterocycles. The van der Waals surface area contributed by atoms with Crippen LogP contribution in [0, 0.1) is 22.7 Å². The van der Waals surface area contributed by atoms with E-state index in [-0.39, 0.29) is 17.1 Å². The fourth-order valence-corrected chi connectivity index (χ4v) is 6.41. The van der Waals surface area contributed by atoms with Crippen molar-refractivity contribution in [3.63, 3.8) is 0 Å². The van der Waals surface area contributed by atoms with Crippen molar-refractivity contribution in [3.8, 4) is 17.7 Å². The van der Waals surface area contributed by atoms with E-state index < -0.39 is 0 Å². The first-order valence-corrected chi connectivity index (χ1v) is 13.1. The summed E-state index contributed by atoms with van der Waals surface area (Å²) in [5, 5.41) is 22.6. The zero-order chi connectivity index (χ0) is 23.6. The molecule has 0 saturated carbocycles. The van der Waals surface area contributed by atoms with Crippen molar-refractivity contribution >= 4 is 34.0 Å². The second-order valence-corrected chi connectivity index (χ2v) is 11.0. The Labute approximate surface area is 202 Å². The molecule has 1 aliphatic carbocycles. The standard InChI is InChI=1S/C24H29N5O2S2/c1-5-24(3,4)15-9-10-16-17(13-25)22(33-19(16)12-15)26-20(30)14-32-23-28-27-21(29(23)6-2)18-8-7-11-31-18/h7-8,11,15H,5-6,9-10,12,14H2,1-4H3,(H,26,30)/t15-/m1/s1. The minimum atomic E-state index is -0.147. The van der Waals surface area contributed by atoms with E-state index in [1.165, 1.54) is 16.6 Å². The summed E-state index contributed by atoms with van der Waals surface area (Å²) in [6.45, 7) is 9.56. The molecule has 33 heavy (non-hydrogen) atoms. The van der Waals surface area contributed by atoms with Gasteiger partial charge in [0.15, 0.2) is 16.7 Å². The molecule has 0 aliphatic heterocycles. The predicted octanol–water partition coefficient (Wildman–Crippen LogP) is 5.76. The second-order valence-electron chi connectivity index (χ2n) is 8.97. The monoisotopic (exact) mass is 483 g/mol. The number of amides is 1. The zero-order valence-corrected chi connectivity index (χ0v) is 21.1. The molecule has 7 nitrogen and oxygen atoms in total. The highest BCUT2D eigenvalue weighted by Crippen LogP contribution is 2.45. The van der Waals surface area contributed by atoms with Crippen molar-refractivity contribution < 1.29 is 9.21 Å². The van der Waals surface area contributed by atoms with E-state index in [0.717, 1.165) is 31.2 Å². The molecular formula is C24H29N5O2S2. The maximum atomic E-state index is 12.8. The van der Waals surface area contributed by atoms with Gasteiger partial charge in [-0.2, -0.15) is 5.26 Å². The molecule has 0 aromatic carbocycles. The van der Waals surface area contributed by atoms with Gasteiger partial charge in [-0.25, -0.2) is 0 Å². The molecule has 0 radical (unpaired) electrons. The van der Waals surface area contributed by atoms with Crippen molar-refractivity contribution in [2.45, 2.75) is 65.1 Å². The van der Waals surface area contributed by atoms with E-state index in [1.54, 1.807) is 17.6 Å². The van der Waals surface area contributed by atoms with Crippen molar-refractivity contribution in [1.82, 2.24) is 14.8 Å². The summed E-state index contributed by atoms with van der Waals surface area (Å²) in [4.78, 5) is 14.0. The predicted molar refractivity (Wildman–Crippen MR) is 131 cm³/mol. The molecule has 1 aliphatic rings. The van der Waals surface area contributed by atoms with Gasteiger partial charge in [0.1, 0.15) is 11.1 Å². The summed E-state index contributed by atoms with van der Waals surface area (Å²) in [6.07, 6.45) is 5.71. The lowest BCUT2D eigenvalue weighted by atomic mass is 9.69. The number of nitriles is 1. The third-order valence-electron chi connectivity index (χ3n) is 6.75. The highest BCUT2D eigenvalue weighted by Gasteiger charge is 2.34. The minimum Gasteiger partial charge on any atom is -0.461 e. The molecule has 3 heterocycles. The lowest BCUT2D eigenvalue weighted by Crippen LogP contribution is -2.28. The number of hydrogen-bond donors (Lipinski definition) is 1. The normalized spacial score (nSPS) is 15.8. The first-order chi connectivity index (χ1) is 15.9. The van der Waals surface area contributed by atoms with Gasteiger partial charge in [-0.1, -0.05) is 39.0 Å². The van der Waals surface area contributed by atoms with Crippen LogP contribution < -0.4 is 5.32 Å². The number of nitrogens with one attached hydrogen (secondary N) is 1. The Hall–Kier alpha value is -2.57. The maximum absolute atomic E-state index is 12.8. The Morgan fingerprint density at radius 3 is 2.91 bits per heavy atom.